The van der Waals surface area contributed by atoms with Crippen molar-refractivity contribution >= 4 is 11.0 Å². The first kappa shape index (κ1) is 14.6. The number of rotatable bonds is 6. The van der Waals surface area contributed by atoms with Gasteiger partial charge in [-0.3, -0.25) is 0 Å². The summed E-state index contributed by atoms with van der Waals surface area (Å²) in [7, 11) is 0. The van der Waals surface area contributed by atoms with E-state index in [1.54, 1.807) is 0 Å². The summed E-state index contributed by atoms with van der Waals surface area (Å²) >= 11 is 0. The zero-order valence-electron chi connectivity index (χ0n) is 12.9. The predicted octanol–water partition coefficient (Wildman–Crippen LogP) is 4.39. The van der Waals surface area contributed by atoms with Crippen LogP contribution in [0.15, 0.2) is 28.7 Å². The van der Waals surface area contributed by atoms with Crippen LogP contribution >= 0.6 is 0 Å². The van der Waals surface area contributed by atoms with Gasteiger partial charge in [0.25, 0.3) is 0 Å². The molecule has 0 amide bonds. The molecule has 0 spiro atoms. The molecule has 0 saturated heterocycles. The van der Waals surface area contributed by atoms with Crippen LogP contribution in [0.25, 0.3) is 11.0 Å². The third kappa shape index (κ3) is 3.47. The predicted molar refractivity (Wildman–Crippen MR) is 85.3 cm³/mol. The molecular weight excluding hydrogens is 262 g/mol. The van der Waals surface area contributed by atoms with Gasteiger partial charge in [-0.15, -0.1) is 0 Å². The molecule has 0 unspecified atom stereocenters. The summed E-state index contributed by atoms with van der Waals surface area (Å²) in [4.78, 5) is 0. The molecule has 21 heavy (non-hydrogen) atoms. The van der Waals surface area contributed by atoms with Crippen LogP contribution < -0.4 is 5.32 Å². The van der Waals surface area contributed by atoms with Crippen LogP contribution in [0.2, 0.25) is 0 Å². The molecule has 1 heterocycles. The van der Waals surface area contributed by atoms with Gasteiger partial charge in [0.05, 0.1) is 19.3 Å². The zero-order chi connectivity index (χ0) is 14.5. The Morgan fingerprint density at radius 1 is 1.19 bits per heavy atom. The summed E-state index contributed by atoms with van der Waals surface area (Å²) in [5, 5.41) is 4.55. The summed E-state index contributed by atoms with van der Waals surface area (Å²) in [5.74, 6) is 1.02. The van der Waals surface area contributed by atoms with Crippen LogP contribution in [0.5, 0.6) is 0 Å². The standard InChI is InChI=1S/C18H25NO2/c1-2-19-12-18-16(13-20-14-8-4-3-5-9-14)15-10-6-7-11-17(15)21-18/h6-7,10-11,14,19H,2-5,8-9,12-13H2,1H3. The lowest BCUT2D eigenvalue weighted by Gasteiger charge is -2.22. The minimum absolute atomic E-state index is 0.430. The van der Waals surface area contributed by atoms with E-state index >= 15 is 0 Å². The lowest BCUT2D eigenvalue weighted by atomic mass is 9.98. The Balaban J connectivity index is 1.77. The van der Waals surface area contributed by atoms with Gasteiger partial charge in [0.1, 0.15) is 11.3 Å². The van der Waals surface area contributed by atoms with Crippen molar-refractivity contribution in [1.82, 2.24) is 5.32 Å². The Labute approximate surface area is 126 Å². The Bertz CT molecular complexity index is 570. The van der Waals surface area contributed by atoms with Crippen molar-refractivity contribution in [3.05, 3.63) is 35.6 Å². The molecular formula is C18H25NO2. The van der Waals surface area contributed by atoms with Gasteiger partial charge in [-0.2, -0.15) is 0 Å². The first-order chi connectivity index (χ1) is 10.4. The first-order valence-electron chi connectivity index (χ1n) is 8.20. The molecule has 1 saturated carbocycles. The van der Waals surface area contributed by atoms with E-state index in [1.165, 1.54) is 43.1 Å². The second-order valence-corrected chi connectivity index (χ2v) is 5.85. The smallest absolute Gasteiger partial charge is 0.134 e. The molecule has 1 aromatic heterocycles. The average molecular weight is 287 g/mol. The number of ether oxygens (including phenoxy) is 1. The quantitative estimate of drug-likeness (QED) is 0.855. The van der Waals surface area contributed by atoms with E-state index in [0.717, 1.165) is 24.4 Å². The van der Waals surface area contributed by atoms with Crippen LogP contribution in [-0.2, 0) is 17.9 Å². The van der Waals surface area contributed by atoms with Crippen LogP contribution in [0, 0.1) is 0 Å². The van der Waals surface area contributed by atoms with Crippen molar-refractivity contribution in [1.29, 1.82) is 0 Å². The molecule has 0 atom stereocenters. The summed E-state index contributed by atoms with van der Waals surface area (Å²) in [5.41, 5.74) is 2.18. The number of nitrogens with one attached hydrogen (secondary N) is 1. The molecule has 2 aromatic rings. The minimum atomic E-state index is 0.430. The SMILES string of the molecule is CCNCc1oc2ccccc2c1COC1CCCCC1. The van der Waals surface area contributed by atoms with E-state index in [2.05, 4.69) is 24.4 Å². The Morgan fingerprint density at radius 2 is 2.00 bits per heavy atom. The number of fused-ring (bicyclic) bond motifs is 1. The molecule has 3 heteroatoms. The normalized spacial score (nSPS) is 16.6. The highest BCUT2D eigenvalue weighted by Gasteiger charge is 2.18. The van der Waals surface area contributed by atoms with Gasteiger partial charge >= 0.3 is 0 Å². The molecule has 3 rings (SSSR count). The maximum Gasteiger partial charge on any atom is 0.134 e. The van der Waals surface area contributed by atoms with Gasteiger partial charge in [-0.05, 0) is 25.5 Å². The van der Waals surface area contributed by atoms with Gasteiger partial charge in [0.15, 0.2) is 0 Å². The summed E-state index contributed by atoms with van der Waals surface area (Å²) in [6.45, 7) is 4.50. The molecule has 114 valence electrons. The summed E-state index contributed by atoms with van der Waals surface area (Å²) in [6.07, 6.45) is 6.82. The van der Waals surface area contributed by atoms with Crippen molar-refractivity contribution in [3.8, 4) is 0 Å². The van der Waals surface area contributed by atoms with E-state index in [0.29, 0.717) is 12.7 Å². The third-order valence-electron chi connectivity index (χ3n) is 4.33. The minimum Gasteiger partial charge on any atom is -0.459 e. The maximum atomic E-state index is 6.17. The molecule has 1 aliphatic rings. The van der Waals surface area contributed by atoms with Gasteiger partial charge in [-0.25, -0.2) is 0 Å². The zero-order valence-corrected chi connectivity index (χ0v) is 12.9. The molecule has 0 radical (unpaired) electrons. The fraction of sp³-hybridized carbons (Fsp3) is 0.556. The third-order valence-corrected chi connectivity index (χ3v) is 4.33. The van der Waals surface area contributed by atoms with E-state index in [9.17, 15) is 0 Å². The molecule has 1 aliphatic carbocycles. The lowest BCUT2D eigenvalue weighted by Crippen LogP contribution is -2.17. The van der Waals surface area contributed by atoms with Crippen LogP contribution in [0.4, 0.5) is 0 Å². The summed E-state index contributed by atoms with van der Waals surface area (Å²) < 4.78 is 12.2. The second-order valence-electron chi connectivity index (χ2n) is 5.85. The largest absolute Gasteiger partial charge is 0.459 e. The van der Waals surface area contributed by atoms with Crippen molar-refractivity contribution in [3.63, 3.8) is 0 Å². The monoisotopic (exact) mass is 287 g/mol. The molecule has 3 nitrogen and oxygen atoms in total. The van der Waals surface area contributed by atoms with E-state index in [4.69, 9.17) is 9.15 Å². The summed E-state index contributed by atoms with van der Waals surface area (Å²) in [6, 6.07) is 8.26. The van der Waals surface area contributed by atoms with Crippen LogP contribution in [0.1, 0.15) is 50.4 Å². The number of hydrogen-bond acceptors (Lipinski definition) is 3. The number of hydrogen-bond donors (Lipinski definition) is 1. The van der Waals surface area contributed by atoms with E-state index < -0.39 is 0 Å². The molecule has 1 N–H and O–H groups in total. The molecule has 1 aromatic carbocycles. The van der Waals surface area contributed by atoms with E-state index in [1.807, 2.05) is 12.1 Å². The number of para-hydroxylation sites is 1. The molecule has 1 fully saturated rings. The average Bonchev–Trinajstić information content (AvgIpc) is 2.89. The van der Waals surface area contributed by atoms with Gasteiger partial charge in [0, 0.05) is 10.9 Å². The van der Waals surface area contributed by atoms with Crippen molar-refractivity contribution in [2.24, 2.45) is 0 Å². The molecule has 0 bridgehead atoms. The van der Waals surface area contributed by atoms with Gasteiger partial charge < -0.3 is 14.5 Å². The van der Waals surface area contributed by atoms with E-state index in [-0.39, 0.29) is 0 Å². The van der Waals surface area contributed by atoms with Crippen molar-refractivity contribution in [2.75, 3.05) is 6.54 Å². The Hall–Kier alpha value is -1.32. The highest BCUT2D eigenvalue weighted by atomic mass is 16.5. The first-order valence-corrected chi connectivity index (χ1v) is 8.20. The lowest BCUT2D eigenvalue weighted by molar-refractivity contribution is 0.0166. The van der Waals surface area contributed by atoms with Crippen LogP contribution in [-0.4, -0.2) is 12.6 Å². The highest BCUT2D eigenvalue weighted by molar-refractivity contribution is 5.82. The Morgan fingerprint density at radius 3 is 2.81 bits per heavy atom. The second kappa shape index (κ2) is 7.10. The number of benzene rings is 1. The topological polar surface area (TPSA) is 34.4 Å². The maximum absolute atomic E-state index is 6.17. The fourth-order valence-electron chi connectivity index (χ4n) is 3.12. The highest BCUT2D eigenvalue weighted by Crippen LogP contribution is 2.28. The van der Waals surface area contributed by atoms with Gasteiger partial charge in [0.2, 0.25) is 0 Å². The van der Waals surface area contributed by atoms with Crippen LogP contribution in [0.3, 0.4) is 0 Å². The Kier molecular flexibility index (Phi) is 4.94. The van der Waals surface area contributed by atoms with Crippen molar-refractivity contribution < 1.29 is 9.15 Å². The molecule has 0 aliphatic heterocycles. The van der Waals surface area contributed by atoms with Crippen molar-refractivity contribution in [2.45, 2.75) is 58.3 Å². The fourth-order valence-corrected chi connectivity index (χ4v) is 3.12. The van der Waals surface area contributed by atoms with Gasteiger partial charge in [-0.1, -0.05) is 44.4 Å². The number of furan rings is 1.